The summed E-state index contributed by atoms with van der Waals surface area (Å²) in [6, 6.07) is 8.03. The van der Waals surface area contributed by atoms with Crippen LogP contribution in [0.2, 0.25) is 0 Å². The zero-order valence-corrected chi connectivity index (χ0v) is 11.9. The Balaban J connectivity index is 2.62. The van der Waals surface area contributed by atoms with Gasteiger partial charge in [-0.05, 0) is 26.8 Å². The Morgan fingerprint density at radius 1 is 1.28 bits per heavy atom. The molecule has 0 spiro atoms. The maximum Gasteiger partial charge on any atom is 0.123 e. The first kappa shape index (κ1) is 15.0. The van der Waals surface area contributed by atoms with Gasteiger partial charge in [0.15, 0.2) is 0 Å². The van der Waals surface area contributed by atoms with E-state index in [0.717, 1.165) is 17.9 Å². The second-order valence-electron chi connectivity index (χ2n) is 5.81. The van der Waals surface area contributed by atoms with Crippen LogP contribution < -0.4 is 10.1 Å². The number of aliphatic hydroxyl groups excluding tert-OH is 1. The highest BCUT2D eigenvalue weighted by molar-refractivity contribution is 5.33. The molecule has 0 aliphatic heterocycles. The van der Waals surface area contributed by atoms with Crippen molar-refractivity contribution in [2.75, 3.05) is 13.2 Å². The molecule has 0 fully saturated rings. The normalized spacial score (nSPS) is 13.4. The Kier molecular flexibility index (Phi) is 5.63. The Labute approximate surface area is 110 Å². The average Bonchev–Trinajstić information content (AvgIpc) is 2.33. The van der Waals surface area contributed by atoms with Crippen LogP contribution in [0.4, 0.5) is 0 Å². The molecule has 0 amide bonds. The summed E-state index contributed by atoms with van der Waals surface area (Å²) in [6.07, 6.45) is 0. The molecule has 1 rings (SSSR count). The molecule has 1 aromatic rings. The summed E-state index contributed by atoms with van der Waals surface area (Å²) in [5.41, 5.74) is 1.24. The summed E-state index contributed by atoms with van der Waals surface area (Å²) in [4.78, 5) is 0. The number of ether oxygens (including phenoxy) is 1. The minimum atomic E-state index is 0.0888. The van der Waals surface area contributed by atoms with Crippen molar-refractivity contribution >= 4 is 0 Å². The number of hydrogen-bond donors (Lipinski definition) is 2. The number of nitrogens with one attached hydrogen (secondary N) is 1. The predicted octanol–water partition coefficient (Wildman–Crippen LogP) is 2.58. The van der Waals surface area contributed by atoms with E-state index in [-0.39, 0.29) is 18.1 Å². The molecule has 0 bridgehead atoms. The number of benzene rings is 1. The van der Waals surface area contributed by atoms with Crippen LogP contribution in [0, 0.1) is 5.92 Å². The summed E-state index contributed by atoms with van der Waals surface area (Å²) in [7, 11) is 0. The molecule has 3 nitrogen and oxygen atoms in total. The van der Waals surface area contributed by atoms with Crippen molar-refractivity contribution in [1.29, 1.82) is 0 Å². The van der Waals surface area contributed by atoms with Crippen molar-refractivity contribution in [3.05, 3.63) is 29.8 Å². The zero-order chi connectivity index (χ0) is 13.6. The Bertz CT molecular complexity index is 358. The van der Waals surface area contributed by atoms with Crippen molar-refractivity contribution in [3.8, 4) is 5.75 Å². The molecule has 0 heterocycles. The van der Waals surface area contributed by atoms with Crippen molar-refractivity contribution < 1.29 is 9.84 Å². The zero-order valence-electron chi connectivity index (χ0n) is 11.9. The van der Waals surface area contributed by atoms with Gasteiger partial charge < -0.3 is 15.2 Å². The lowest BCUT2D eigenvalue weighted by Gasteiger charge is -2.22. The Hall–Kier alpha value is -1.06. The molecule has 2 N–H and O–H groups in total. The topological polar surface area (TPSA) is 41.5 Å². The number of hydrogen-bond acceptors (Lipinski definition) is 3. The van der Waals surface area contributed by atoms with Gasteiger partial charge in [-0.3, -0.25) is 0 Å². The fourth-order valence-corrected chi connectivity index (χ4v) is 1.44. The number of aliphatic hydroxyl groups is 1. The van der Waals surface area contributed by atoms with Gasteiger partial charge in [0.2, 0.25) is 0 Å². The first-order valence-corrected chi connectivity index (χ1v) is 6.49. The van der Waals surface area contributed by atoms with Crippen LogP contribution in [-0.2, 0) is 6.54 Å². The van der Waals surface area contributed by atoms with Crippen LogP contribution in [0.5, 0.6) is 5.75 Å². The summed E-state index contributed by atoms with van der Waals surface area (Å²) in [5, 5.41) is 12.5. The van der Waals surface area contributed by atoms with Crippen LogP contribution in [-0.4, -0.2) is 23.9 Å². The van der Waals surface area contributed by atoms with E-state index in [1.54, 1.807) is 0 Å². The molecule has 0 aliphatic carbocycles. The van der Waals surface area contributed by atoms with E-state index in [1.807, 2.05) is 25.1 Å². The van der Waals surface area contributed by atoms with Gasteiger partial charge in [-0.15, -0.1) is 0 Å². The third-order valence-electron chi connectivity index (χ3n) is 2.62. The Morgan fingerprint density at radius 3 is 2.56 bits per heavy atom. The lowest BCUT2D eigenvalue weighted by Crippen LogP contribution is -2.35. The molecule has 3 heteroatoms. The quantitative estimate of drug-likeness (QED) is 0.816. The highest BCUT2D eigenvalue weighted by atomic mass is 16.5. The van der Waals surface area contributed by atoms with Gasteiger partial charge in [0, 0.05) is 30.2 Å². The van der Waals surface area contributed by atoms with E-state index in [9.17, 15) is 0 Å². The monoisotopic (exact) mass is 251 g/mol. The number of rotatable bonds is 6. The van der Waals surface area contributed by atoms with Gasteiger partial charge >= 0.3 is 0 Å². The fourth-order valence-electron chi connectivity index (χ4n) is 1.44. The third kappa shape index (κ3) is 5.52. The fraction of sp³-hybridized carbons (Fsp3) is 0.600. The van der Waals surface area contributed by atoms with Crippen LogP contribution in [0.3, 0.4) is 0 Å². The van der Waals surface area contributed by atoms with E-state index in [4.69, 9.17) is 9.84 Å². The van der Waals surface area contributed by atoms with E-state index in [2.05, 4.69) is 32.2 Å². The molecule has 18 heavy (non-hydrogen) atoms. The van der Waals surface area contributed by atoms with Gasteiger partial charge in [-0.25, -0.2) is 0 Å². The summed E-state index contributed by atoms with van der Waals surface area (Å²) >= 11 is 0. The minimum absolute atomic E-state index is 0.0888. The first-order chi connectivity index (χ1) is 8.42. The summed E-state index contributed by atoms with van der Waals surface area (Å²) in [6.45, 7) is 9.88. The lowest BCUT2D eigenvalue weighted by atomic mass is 10.1. The SMILES string of the molecule is CC(CO)COc1ccccc1CNC(C)(C)C. The molecule has 0 saturated carbocycles. The van der Waals surface area contributed by atoms with Crippen LogP contribution >= 0.6 is 0 Å². The van der Waals surface area contributed by atoms with Gasteiger partial charge in [-0.2, -0.15) is 0 Å². The molecule has 0 saturated heterocycles. The molecule has 0 aromatic heterocycles. The molecular formula is C15H25NO2. The first-order valence-electron chi connectivity index (χ1n) is 6.49. The maximum absolute atomic E-state index is 9.00. The van der Waals surface area contributed by atoms with E-state index in [1.165, 1.54) is 0 Å². The van der Waals surface area contributed by atoms with Crippen LogP contribution in [0.1, 0.15) is 33.3 Å². The second kappa shape index (κ2) is 6.76. The number of para-hydroxylation sites is 1. The lowest BCUT2D eigenvalue weighted by molar-refractivity contribution is 0.173. The van der Waals surface area contributed by atoms with Crippen molar-refractivity contribution in [2.24, 2.45) is 5.92 Å². The maximum atomic E-state index is 9.00. The van der Waals surface area contributed by atoms with E-state index < -0.39 is 0 Å². The van der Waals surface area contributed by atoms with Crippen LogP contribution in [0.15, 0.2) is 24.3 Å². The largest absolute Gasteiger partial charge is 0.493 e. The molecule has 0 radical (unpaired) electrons. The van der Waals surface area contributed by atoms with Crippen molar-refractivity contribution in [3.63, 3.8) is 0 Å². The standard InChI is InChI=1S/C15H25NO2/c1-12(10-17)11-18-14-8-6-5-7-13(14)9-16-15(2,3)4/h5-8,12,16-17H,9-11H2,1-4H3. The van der Waals surface area contributed by atoms with Gasteiger partial charge in [-0.1, -0.05) is 25.1 Å². The molecule has 1 unspecified atom stereocenters. The van der Waals surface area contributed by atoms with E-state index in [0.29, 0.717) is 6.61 Å². The summed E-state index contributed by atoms with van der Waals surface area (Å²) in [5.74, 6) is 1.06. The van der Waals surface area contributed by atoms with Crippen LogP contribution in [0.25, 0.3) is 0 Å². The molecule has 1 aromatic carbocycles. The minimum Gasteiger partial charge on any atom is -0.493 e. The highest BCUT2D eigenvalue weighted by Crippen LogP contribution is 2.19. The van der Waals surface area contributed by atoms with Gasteiger partial charge in [0.1, 0.15) is 5.75 Å². The highest BCUT2D eigenvalue weighted by Gasteiger charge is 2.11. The van der Waals surface area contributed by atoms with Crippen molar-refractivity contribution in [2.45, 2.75) is 39.8 Å². The molecule has 102 valence electrons. The average molecular weight is 251 g/mol. The molecular weight excluding hydrogens is 226 g/mol. The Morgan fingerprint density at radius 2 is 1.94 bits per heavy atom. The van der Waals surface area contributed by atoms with Gasteiger partial charge in [0.05, 0.1) is 6.61 Å². The van der Waals surface area contributed by atoms with Gasteiger partial charge in [0.25, 0.3) is 0 Å². The van der Waals surface area contributed by atoms with Crippen molar-refractivity contribution in [1.82, 2.24) is 5.32 Å². The smallest absolute Gasteiger partial charge is 0.123 e. The third-order valence-corrected chi connectivity index (χ3v) is 2.62. The molecule has 1 atom stereocenters. The van der Waals surface area contributed by atoms with E-state index >= 15 is 0 Å². The predicted molar refractivity (Wildman–Crippen MR) is 74.8 cm³/mol. The second-order valence-corrected chi connectivity index (χ2v) is 5.81. The summed E-state index contributed by atoms with van der Waals surface area (Å²) < 4.78 is 5.76. The molecule has 0 aliphatic rings.